The molecule has 1 N–H and O–H groups in total. The van der Waals surface area contributed by atoms with Crippen molar-refractivity contribution in [2.24, 2.45) is 4.99 Å². The fourth-order valence-electron chi connectivity index (χ4n) is 1.61. The van der Waals surface area contributed by atoms with Crippen LogP contribution >= 0.6 is 0 Å². The zero-order chi connectivity index (χ0) is 12.4. The number of hydrogen-bond donors (Lipinski definition) is 1. The van der Waals surface area contributed by atoms with E-state index in [0.29, 0.717) is 5.70 Å². The molecule has 0 fully saturated rings. The van der Waals surface area contributed by atoms with Gasteiger partial charge in [-0.15, -0.1) is 0 Å². The minimum atomic E-state index is -0.0554. The van der Waals surface area contributed by atoms with Crippen LogP contribution in [-0.2, 0) is 4.79 Å². The van der Waals surface area contributed by atoms with Crippen molar-refractivity contribution in [3.8, 4) is 0 Å². The highest BCUT2D eigenvalue weighted by Crippen LogP contribution is 2.17. The van der Waals surface area contributed by atoms with E-state index in [0.717, 1.165) is 17.1 Å². The highest BCUT2D eigenvalue weighted by molar-refractivity contribution is 6.13. The zero-order valence-corrected chi connectivity index (χ0v) is 10.2. The van der Waals surface area contributed by atoms with E-state index >= 15 is 0 Å². The Morgan fingerprint density at radius 1 is 1.29 bits per heavy atom. The molecule has 4 heteroatoms. The molecule has 0 saturated carbocycles. The van der Waals surface area contributed by atoms with Crippen molar-refractivity contribution in [1.29, 1.82) is 0 Å². The molecule has 1 aromatic rings. The summed E-state index contributed by atoms with van der Waals surface area (Å²) in [5, 5.41) is 3.05. The summed E-state index contributed by atoms with van der Waals surface area (Å²) in [6.45, 7) is 1.82. The van der Waals surface area contributed by atoms with E-state index in [1.54, 1.807) is 18.0 Å². The first-order valence-electron chi connectivity index (χ1n) is 5.44. The summed E-state index contributed by atoms with van der Waals surface area (Å²) in [7, 11) is 3.60. The minimum Gasteiger partial charge on any atom is -0.388 e. The van der Waals surface area contributed by atoms with Crippen LogP contribution in [0.15, 0.2) is 35.0 Å². The highest BCUT2D eigenvalue weighted by atomic mass is 16.2. The molecule has 1 heterocycles. The third kappa shape index (κ3) is 2.20. The lowest BCUT2D eigenvalue weighted by Gasteiger charge is -2.06. The fourth-order valence-corrected chi connectivity index (χ4v) is 1.61. The normalized spacial score (nSPS) is 17.6. The van der Waals surface area contributed by atoms with Crippen LogP contribution in [0.2, 0.25) is 0 Å². The van der Waals surface area contributed by atoms with Crippen molar-refractivity contribution in [2.75, 3.05) is 19.4 Å². The number of nitrogens with one attached hydrogen (secondary N) is 1. The second-order valence-corrected chi connectivity index (χ2v) is 3.92. The number of likely N-dealkylation sites (N-methyl/N-ethyl adjacent to an activating group) is 1. The molecule has 4 nitrogen and oxygen atoms in total. The zero-order valence-electron chi connectivity index (χ0n) is 10.2. The lowest BCUT2D eigenvalue weighted by molar-refractivity contribution is -0.121. The minimum absolute atomic E-state index is 0.0554. The molecule has 0 saturated heterocycles. The van der Waals surface area contributed by atoms with Crippen LogP contribution in [0.25, 0.3) is 6.08 Å². The summed E-state index contributed by atoms with van der Waals surface area (Å²) >= 11 is 0. The molecule has 0 aromatic heterocycles. The van der Waals surface area contributed by atoms with Crippen molar-refractivity contribution in [2.45, 2.75) is 6.92 Å². The Kier molecular flexibility index (Phi) is 2.95. The SMILES string of the molecule is CNc1ccc(/C=C2\N=C(C)N(C)C2=O)cc1. The van der Waals surface area contributed by atoms with E-state index in [-0.39, 0.29) is 5.91 Å². The molecule has 1 aliphatic heterocycles. The number of rotatable bonds is 2. The van der Waals surface area contributed by atoms with E-state index in [9.17, 15) is 4.79 Å². The molecule has 1 amide bonds. The van der Waals surface area contributed by atoms with Crippen molar-refractivity contribution < 1.29 is 4.79 Å². The molecule has 0 aliphatic carbocycles. The molecule has 0 bridgehead atoms. The molecule has 2 rings (SSSR count). The lowest BCUT2D eigenvalue weighted by Crippen LogP contribution is -2.25. The van der Waals surface area contributed by atoms with Gasteiger partial charge in [0.25, 0.3) is 5.91 Å². The molecule has 0 atom stereocenters. The van der Waals surface area contributed by atoms with Crippen LogP contribution in [0.3, 0.4) is 0 Å². The second-order valence-electron chi connectivity index (χ2n) is 3.92. The Morgan fingerprint density at radius 3 is 2.41 bits per heavy atom. The Labute approximate surface area is 101 Å². The average molecular weight is 229 g/mol. The quantitative estimate of drug-likeness (QED) is 0.788. The van der Waals surface area contributed by atoms with Gasteiger partial charge in [0, 0.05) is 19.8 Å². The number of hydrogen-bond acceptors (Lipinski definition) is 3. The number of carbonyl (C=O) groups is 1. The highest BCUT2D eigenvalue weighted by Gasteiger charge is 2.23. The summed E-state index contributed by atoms with van der Waals surface area (Å²) < 4.78 is 0. The Hall–Kier alpha value is -2.10. The van der Waals surface area contributed by atoms with Gasteiger partial charge in [0.15, 0.2) is 0 Å². The maximum Gasteiger partial charge on any atom is 0.277 e. The first kappa shape index (κ1) is 11.4. The Morgan fingerprint density at radius 2 is 1.94 bits per heavy atom. The smallest absolute Gasteiger partial charge is 0.277 e. The molecule has 0 unspecified atom stereocenters. The van der Waals surface area contributed by atoms with Gasteiger partial charge in [-0.05, 0) is 30.7 Å². The second kappa shape index (κ2) is 4.41. The number of carbonyl (C=O) groups excluding carboxylic acids is 1. The standard InChI is InChI=1S/C13H15N3O/c1-9-15-12(13(17)16(9)3)8-10-4-6-11(14-2)7-5-10/h4-8,14H,1-3H3/b12-8-. The molecule has 1 aromatic carbocycles. The number of anilines is 1. The third-order valence-corrected chi connectivity index (χ3v) is 2.79. The van der Waals surface area contributed by atoms with Gasteiger partial charge >= 0.3 is 0 Å². The summed E-state index contributed by atoms with van der Waals surface area (Å²) in [4.78, 5) is 17.6. The van der Waals surface area contributed by atoms with Crippen LogP contribution in [0, 0.1) is 0 Å². The lowest BCUT2D eigenvalue weighted by atomic mass is 10.1. The average Bonchev–Trinajstić information content (AvgIpc) is 2.58. The van der Waals surface area contributed by atoms with Crippen LogP contribution in [-0.4, -0.2) is 30.7 Å². The monoisotopic (exact) mass is 229 g/mol. The molecule has 88 valence electrons. The third-order valence-electron chi connectivity index (χ3n) is 2.79. The first-order chi connectivity index (χ1) is 8.11. The number of amides is 1. The van der Waals surface area contributed by atoms with E-state index in [4.69, 9.17) is 0 Å². The van der Waals surface area contributed by atoms with Gasteiger partial charge in [-0.3, -0.25) is 9.69 Å². The van der Waals surface area contributed by atoms with Gasteiger partial charge in [-0.25, -0.2) is 4.99 Å². The molecule has 17 heavy (non-hydrogen) atoms. The summed E-state index contributed by atoms with van der Waals surface area (Å²) in [6.07, 6.45) is 1.80. The summed E-state index contributed by atoms with van der Waals surface area (Å²) in [5.74, 6) is 0.674. The van der Waals surface area contributed by atoms with Gasteiger partial charge in [0.2, 0.25) is 0 Å². The number of amidine groups is 1. The largest absolute Gasteiger partial charge is 0.388 e. The first-order valence-corrected chi connectivity index (χ1v) is 5.44. The number of aliphatic imine (C=N–C) groups is 1. The van der Waals surface area contributed by atoms with Crippen molar-refractivity contribution in [3.05, 3.63) is 35.5 Å². The van der Waals surface area contributed by atoms with E-state index in [1.807, 2.05) is 38.2 Å². The molecule has 0 radical (unpaired) electrons. The van der Waals surface area contributed by atoms with Crippen molar-refractivity contribution in [3.63, 3.8) is 0 Å². The van der Waals surface area contributed by atoms with Crippen molar-refractivity contribution in [1.82, 2.24) is 4.90 Å². The van der Waals surface area contributed by atoms with Gasteiger partial charge in [0.1, 0.15) is 11.5 Å². The maximum atomic E-state index is 11.8. The predicted octanol–water partition coefficient (Wildman–Crippen LogP) is 1.96. The number of benzene rings is 1. The Bertz CT molecular complexity index is 500. The van der Waals surface area contributed by atoms with Crippen LogP contribution < -0.4 is 5.32 Å². The van der Waals surface area contributed by atoms with Crippen LogP contribution in [0.5, 0.6) is 0 Å². The predicted molar refractivity (Wildman–Crippen MR) is 69.8 cm³/mol. The summed E-state index contributed by atoms with van der Waals surface area (Å²) in [6, 6.07) is 7.84. The van der Waals surface area contributed by atoms with Gasteiger partial charge in [-0.2, -0.15) is 0 Å². The van der Waals surface area contributed by atoms with E-state index in [2.05, 4.69) is 10.3 Å². The van der Waals surface area contributed by atoms with Crippen LogP contribution in [0.4, 0.5) is 5.69 Å². The topological polar surface area (TPSA) is 44.7 Å². The molecule has 1 aliphatic rings. The van der Waals surface area contributed by atoms with Gasteiger partial charge < -0.3 is 5.32 Å². The molecule has 0 spiro atoms. The molecular weight excluding hydrogens is 214 g/mol. The van der Waals surface area contributed by atoms with Gasteiger partial charge in [-0.1, -0.05) is 12.1 Å². The molecular formula is C13H15N3O. The number of nitrogens with zero attached hydrogens (tertiary/aromatic N) is 2. The summed E-state index contributed by atoms with van der Waals surface area (Å²) in [5.41, 5.74) is 2.50. The van der Waals surface area contributed by atoms with Crippen molar-refractivity contribution >= 4 is 23.5 Å². The Balaban J connectivity index is 2.28. The maximum absolute atomic E-state index is 11.8. The van der Waals surface area contributed by atoms with Gasteiger partial charge in [0.05, 0.1) is 0 Å². The van der Waals surface area contributed by atoms with Crippen LogP contribution in [0.1, 0.15) is 12.5 Å². The fraction of sp³-hybridized carbons (Fsp3) is 0.231. The van der Waals surface area contributed by atoms with E-state index in [1.165, 1.54) is 0 Å². The van der Waals surface area contributed by atoms with E-state index < -0.39 is 0 Å².